The Morgan fingerprint density at radius 3 is 2.83 bits per heavy atom. The molecular formula is C16H24O2. The average Bonchev–Trinajstić information content (AvgIpc) is 2.39. The zero-order valence-electron chi connectivity index (χ0n) is 11.6. The van der Waals surface area contributed by atoms with Crippen LogP contribution in [0, 0.1) is 0 Å². The molecule has 100 valence electrons. The second-order valence-electron chi connectivity index (χ2n) is 5.85. The third-order valence-electron chi connectivity index (χ3n) is 4.33. The quantitative estimate of drug-likeness (QED) is 0.886. The molecule has 2 atom stereocenters. The highest BCUT2D eigenvalue weighted by atomic mass is 16.5. The van der Waals surface area contributed by atoms with Gasteiger partial charge in [-0.25, -0.2) is 0 Å². The third-order valence-corrected chi connectivity index (χ3v) is 4.33. The predicted octanol–water partition coefficient (Wildman–Crippen LogP) is 3.28. The van der Waals surface area contributed by atoms with Crippen molar-refractivity contribution in [1.82, 2.24) is 0 Å². The number of methoxy groups -OCH3 is 1. The standard InChI is InChI=1S/C16H24O2/c1-16(2,18-3)15(17)11-13-9-6-8-12-7-4-5-10-14(12)13/h4-5,7,10,13,15,17H,6,8-9,11H2,1-3H3. The first-order valence-corrected chi connectivity index (χ1v) is 6.85. The number of benzene rings is 1. The molecule has 2 unspecified atom stereocenters. The molecule has 0 aromatic heterocycles. The van der Waals surface area contributed by atoms with Crippen molar-refractivity contribution in [2.75, 3.05) is 7.11 Å². The molecule has 18 heavy (non-hydrogen) atoms. The van der Waals surface area contributed by atoms with Gasteiger partial charge in [0.25, 0.3) is 0 Å². The van der Waals surface area contributed by atoms with Gasteiger partial charge in [0.2, 0.25) is 0 Å². The fourth-order valence-electron chi connectivity index (χ4n) is 2.79. The molecule has 0 saturated heterocycles. The molecule has 2 rings (SSSR count). The van der Waals surface area contributed by atoms with E-state index in [1.807, 2.05) is 13.8 Å². The molecular weight excluding hydrogens is 224 g/mol. The molecule has 1 aliphatic rings. The normalized spacial score (nSPS) is 21.4. The number of ether oxygens (including phenoxy) is 1. The van der Waals surface area contributed by atoms with E-state index < -0.39 is 11.7 Å². The molecule has 2 heteroatoms. The van der Waals surface area contributed by atoms with E-state index in [0.717, 1.165) is 6.42 Å². The molecule has 0 radical (unpaired) electrons. The van der Waals surface area contributed by atoms with E-state index in [1.54, 1.807) is 7.11 Å². The van der Waals surface area contributed by atoms with Crippen molar-refractivity contribution in [3.63, 3.8) is 0 Å². The lowest BCUT2D eigenvalue weighted by Gasteiger charge is -2.34. The van der Waals surface area contributed by atoms with E-state index in [2.05, 4.69) is 24.3 Å². The molecule has 1 aliphatic carbocycles. The van der Waals surface area contributed by atoms with Crippen LogP contribution in [0.15, 0.2) is 24.3 Å². The summed E-state index contributed by atoms with van der Waals surface area (Å²) in [5.41, 5.74) is 2.41. The second kappa shape index (κ2) is 5.41. The smallest absolute Gasteiger partial charge is 0.0880 e. The van der Waals surface area contributed by atoms with Crippen LogP contribution < -0.4 is 0 Å². The van der Waals surface area contributed by atoms with Crippen LogP contribution in [0.25, 0.3) is 0 Å². The highest BCUT2D eigenvalue weighted by molar-refractivity contribution is 5.32. The minimum absolute atomic E-state index is 0.418. The van der Waals surface area contributed by atoms with Gasteiger partial charge < -0.3 is 9.84 Å². The van der Waals surface area contributed by atoms with Crippen LogP contribution in [-0.4, -0.2) is 23.9 Å². The lowest BCUT2D eigenvalue weighted by atomic mass is 9.78. The fraction of sp³-hybridized carbons (Fsp3) is 0.625. The Labute approximate surface area is 110 Å². The molecule has 0 bridgehead atoms. The summed E-state index contributed by atoms with van der Waals surface area (Å²) in [6, 6.07) is 8.64. The van der Waals surface area contributed by atoms with Crippen molar-refractivity contribution >= 4 is 0 Å². The fourth-order valence-corrected chi connectivity index (χ4v) is 2.79. The summed E-state index contributed by atoms with van der Waals surface area (Å²) in [6.45, 7) is 3.90. The molecule has 1 aromatic carbocycles. The Bertz CT molecular complexity index is 398. The summed E-state index contributed by atoms with van der Waals surface area (Å²) in [5.74, 6) is 0.472. The number of aliphatic hydroxyl groups is 1. The van der Waals surface area contributed by atoms with E-state index in [0.29, 0.717) is 5.92 Å². The monoisotopic (exact) mass is 248 g/mol. The Kier molecular flexibility index (Phi) is 4.08. The SMILES string of the molecule is COC(C)(C)C(O)CC1CCCc2ccccc21. The maximum Gasteiger partial charge on any atom is 0.0880 e. The van der Waals surface area contributed by atoms with E-state index in [9.17, 15) is 5.11 Å². The number of aryl methyl sites for hydroxylation is 1. The summed E-state index contributed by atoms with van der Waals surface area (Å²) in [6.07, 6.45) is 3.95. The van der Waals surface area contributed by atoms with E-state index in [-0.39, 0.29) is 0 Å². The van der Waals surface area contributed by atoms with Crippen molar-refractivity contribution in [3.8, 4) is 0 Å². The van der Waals surface area contributed by atoms with Crippen LogP contribution in [0.2, 0.25) is 0 Å². The van der Waals surface area contributed by atoms with E-state index >= 15 is 0 Å². The predicted molar refractivity (Wildman–Crippen MR) is 73.8 cm³/mol. The van der Waals surface area contributed by atoms with Gasteiger partial charge in [0.05, 0.1) is 11.7 Å². The Balaban J connectivity index is 2.12. The summed E-state index contributed by atoms with van der Waals surface area (Å²) in [7, 11) is 1.66. The maximum atomic E-state index is 10.3. The van der Waals surface area contributed by atoms with Gasteiger partial charge in [0, 0.05) is 7.11 Å². The van der Waals surface area contributed by atoms with Gasteiger partial charge in [0.15, 0.2) is 0 Å². The first kappa shape index (κ1) is 13.6. The van der Waals surface area contributed by atoms with Crippen LogP contribution in [0.5, 0.6) is 0 Å². The van der Waals surface area contributed by atoms with Crippen molar-refractivity contribution < 1.29 is 9.84 Å². The minimum atomic E-state index is -0.466. The summed E-state index contributed by atoms with van der Waals surface area (Å²) in [4.78, 5) is 0. The van der Waals surface area contributed by atoms with Crippen molar-refractivity contribution in [2.24, 2.45) is 0 Å². The van der Waals surface area contributed by atoms with Crippen molar-refractivity contribution in [3.05, 3.63) is 35.4 Å². The molecule has 1 N–H and O–H groups in total. The van der Waals surface area contributed by atoms with Crippen molar-refractivity contribution in [1.29, 1.82) is 0 Å². The van der Waals surface area contributed by atoms with Gasteiger partial charge in [0.1, 0.15) is 0 Å². The molecule has 0 saturated carbocycles. The summed E-state index contributed by atoms with van der Waals surface area (Å²) in [5, 5.41) is 10.3. The van der Waals surface area contributed by atoms with Crippen LogP contribution >= 0.6 is 0 Å². The molecule has 0 heterocycles. The van der Waals surface area contributed by atoms with E-state index in [4.69, 9.17) is 4.74 Å². The summed E-state index contributed by atoms with van der Waals surface area (Å²) >= 11 is 0. The highest BCUT2D eigenvalue weighted by Gasteiger charge is 2.31. The zero-order valence-corrected chi connectivity index (χ0v) is 11.6. The molecule has 0 amide bonds. The van der Waals surface area contributed by atoms with Crippen LogP contribution in [0.3, 0.4) is 0 Å². The number of fused-ring (bicyclic) bond motifs is 1. The Morgan fingerprint density at radius 2 is 2.11 bits per heavy atom. The number of hydrogen-bond donors (Lipinski definition) is 1. The second-order valence-corrected chi connectivity index (χ2v) is 5.85. The van der Waals surface area contributed by atoms with Crippen LogP contribution in [0.4, 0.5) is 0 Å². The summed E-state index contributed by atoms with van der Waals surface area (Å²) < 4.78 is 5.38. The largest absolute Gasteiger partial charge is 0.390 e. The zero-order chi connectivity index (χ0) is 13.2. The Hall–Kier alpha value is -0.860. The minimum Gasteiger partial charge on any atom is -0.390 e. The number of aliphatic hydroxyl groups excluding tert-OH is 1. The van der Waals surface area contributed by atoms with Gasteiger partial charge >= 0.3 is 0 Å². The lowest BCUT2D eigenvalue weighted by Crippen LogP contribution is -2.39. The Morgan fingerprint density at radius 1 is 1.39 bits per heavy atom. The van der Waals surface area contributed by atoms with Gasteiger partial charge in [-0.15, -0.1) is 0 Å². The molecule has 2 nitrogen and oxygen atoms in total. The molecule has 0 aliphatic heterocycles. The van der Waals surface area contributed by atoms with Crippen LogP contribution in [0.1, 0.15) is 50.2 Å². The third kappa shape index (κ3) is 2.76. The van der Waals surface area contributed by atoms with Gasteiger partial charge in [-0.2, -0.15) is 0 Å². The van der Waals surface area contributed by atoms with Crippen molar-refractivity contribution in [2.45, 2.75) is 57.2 Å². The highest BCUT2D eigenvalue weighted by Crippen LogP contribution is 2.36. The van der Waals surface area contributed by atoms with Gasteiger partial charge in [-0.3, -0.25) is 0 Å². The topological polar surface area (TPSA) is 29.5 Å². The molecule has 0 fully saturated rings. The maximum absolute atomic E-state index is 10.3. The van der Waals surface area contributed by atoms with Gasteiger partial charge in [-0.05, 0) is 56.6 Å². The van der Waals surface area contributed by atoms with Gasteiger partial charge in [-0.1, -0.05) is 24.3 Å². The molecule has 0 spiro atoms. The van der Waals surface area contributed by atoms with E-state index in [1.165, 1.54) is 30.4 Å². The first-order valence-electron chi connectivity index (χ1n) is 6.85. The average molecular weight is 248 g/mol. The first-order chi connectivity index (χ1) is 8.54. The molecule has 1 aromatic rings. The lowest BCUT2D eigenvalue weighted by molar-refractivity contribution is -0.0828. The number of rotatable bonds is 4. The number of hydrogen-bond acceptors (Lipinski definition) is 2. The van der Waals surface area contributed by atoms with Crippen LogP contribution in [-0.2, 0) is 11.2 Å².